The standard InChI is InChI=1S/C12H15N3O3/c16-11-8-15(10(7-14-11)12(17)18)6-3-9-1-4-13-5-2-9/h1-2,4-5,10H,3,6-8H2,(H,14,16)(H,17,18). The topological polar surface area (TPSA) is 82.5 Å². The molecule has 0 bridgehead atoms. The third-order valence-electron chi connectivity index (χ3n) is 3.00. The molecule has 1 aliphatic rings. The van der Waals surface area contributed by atoms with Crippen LogP contribution >= 0.6 is 0 Å². The molecule has 2 heterocycles. The van der Waals surface area contributed by atoms with Crippen LogP contribution in [0.1, 0.15) is 5.56 Å². The van der Waals surface area contributed by atoms with E-state index in [9.17, 15) is 9.59 Å². The number of aromatic nitrogens is 1. The summed E-state index contributed by atoms with van der Waals surface area (Å²) in [5, 5.41) is 11.7. The van der Waals surface area contributed by atoms with Crippen LogP contribution in [0.2, 0.25) is 0 Å². The van der Waals surface area contributed by atoms with Crippen molar-refractivity contribution >= 4 is 11.9 Å². The Balaban J connectivity index is 1.96. The van der Waals surface area contributed by atoms with Crippen molar-refractivity contribution in [2.45, 2.75) is 12.5 Å². The highest BCUT2D eigenvalue weighted by molar-refractivity contribution is 5.83. The number of carboxylic acids is 1. The van der Waals surface area contributed by atoms with Crippen LogP contribution in [-0.2, 0) is 16.0 Å². The minimum Gasteiger partial charge on any atom is -0.480 e. The first kappa shape index (κ1) is 12.5. The number of carboxylic acid groups (broad SMARTS) is 1. The number of nitrogens with zero attached hydrogens (tertiary/aromatic N) is 2. The molecule has 1 aliphatic heterocycles. The van der Waals surface area contributed by atoms with Gasteiger partial charge in [-0.3, -0.25) is 19.5 Å². The van der Waals surface area contributed by atoms with Gasteiger partial charge in [0.15, 0.2) is 0 Å². The van der Waals surface area contributed by atoms with Crippen molar-refractivity contribution in [2.75, 3.05) is 19.6 Å². The lowest BCUT2D eigenvalue weighted by Gasteiger charge is -2.32. The molecule has 18 heavy (non-hydrogen) atoms. The smallest absolute Gasteiger partial charge is 0.322 e. The van der Waals surface area contributed by atoms with Crippen molar-refractivity contribution in [3.8, 4) is 0 Å². The van der Waals surface area contributed by atoms with Crippen LogP contribution in [0.5, 0.6) is 0 Å². The van der Waals surface area contributed by atoms with Crippen molar-refractivity contribution in [1.82, 2.24) is 15.2 Å². The number of rotatable bonds is 4. The third kappa shape index (κ3) is 3.04. The van der Waals surface area contributed by atoms with Crippen LogP contribution in [-0.4, -0.2) is 52.5 Å². The molecule has 0 radical (unpaired) electrons. The van der Waals surface area contributed by atoms with E-state index in [1.807, 2.05) is 12.1 Å². The molecule has 0 spiro atoms. The van der Waals surface area contributed by atoms with E-state index in [2.05, 4.69) is 10.3 Å². The van der Waals surface area contributed by atoms with E-state index >= 15 is 0 Å². The van der Waals surface area contributed by atoms with Gasteiger partial charge in [-0.1, -0.05) is 0 Å². The van der Waals surface area contributed by atoms with E-state index in [0.29, 0.717) is 13.0 Å². The van der Waals surface area contributed by atoms with E-state index in [1.165, 1.54) is 0 Å². The second kappa shape index (κ2) is 5.59. The number of aliphatic carboxylic acids is 1. The summed E-state index contributed by atoms with van der Waals surface area (Å²) in [7, 11) is 0. The van der Waals surface area contributed by atoms with Gasteiger partial charge in [-0.2, -0.15) is 0 Å². The van der Waals surface area contributed by atoms with Gasteiger partial charge in [-0.05, 0) is 24.1 Å². The average molecular weight is 249 g/mol. The summed E-state index contributed by atoms with van der Waals surface area (Å²) in [6.45, 7) is 0.862. The van der Waals surface area contributed by atoms with Crippen LogP contribution in [0, 0.1) is 0 Å². The fourth-order valence-electron chi connectivity index (χ4n) is 1.99. The Bertz CT molecular complexity index is 435. The van der Waals surface area contributed by atoms with Crippen molar-refractivity contribution in [3.63, 3.8) is 0 Å². The molecule has 0 aromatic carbocycles. The third-order valence-corrected chi connectivity index (χ3v) is 3.00. The molecule has 1 atom stereocenters. The van der Waals surface area contributed by atoms with Crippen LogP contribution in [0.25, 0.3) is 0 Å². The van der Waals surface area contributed by atoms with Gasteiger partial charge >= 0.3 is 5.97 Å². The highest BCUT2D eigenvalue weighted by Gasteiger charge is 2.31. The van der Waals surface area contributed by atoms with Crippen LogP contribution in [0.15, 0.2) is 24.5 Å². The lowest BCUT2D eigenvalue weighted by molar-refractivity contribution is -0.145. The first-order chi connectivity index (χ1) is 8.66. The number of hydrogen-bond acceptors (Lipinski definition) is 4. The Hall–Kier alpha value is -1.95. The molecule has 6 heteroatoms. The van der Waals surface area contributed by atoms with E-state index in [0.717, 1.165) is 5.56 Å². The second-order valence-electron chi connectivity index (χ2n) is 4.23. The van der Waals surface area contributed by atoms with Gasteiger partial charge in [0.1, 0.15) is 6.04 Å². The van der Waals surface area contributed by atoms with Crippen LogP contribution in [0.3, 0.4) is 0 Å². The molecular weight excluding hydrogens is 234 g/mol. The van der Waals surface area contributed by atoms with Crippen LogP contribution in [0.4, 0.5) is 0 Å². The van der Waals surface area contributed by atoms with E-state index in [-0.39, 0.29) is 19.0 Å². The molecule has 2 rings (SSSR count). The maximum atomic E-state index is 11.3. The van der Waals surface area contributed by atoms with Gasteiger partial charge in [0.2, 0.25) is 5.91 Å². The molecule has 1 fully saturated rings. The van der Waals surface area contributed by atoms with Gasteiger partial charge in [-0.25, -0.2) is 0 Å². The van der Waals surface area contributed by atoms with Crippen molar-refractivity contribution in [1.29, 1.82) is 0 Å². The molecule has 1 aromatic heterocycles. The molecule has 0 saturated carbocycles. The van der Waals surface area contributed by atoms with E-state index < -0.39 is 12.0 Å². The van der Waals surface area contributed by atoms with Gasteiger partial charge in [0.05, 0.1) is 6.54 Å². The molecule has 1 amide bonds. The summed E-state index contributed by atoms with van der Waals surface area (Å²) in [5.41, 5.74) is 1.08. The Labute approximate surface area is 105 Å². The van der Waals surface area contributed by atoms with E-state index in [1.54, 1.807) is 17.3 Å². The van der Waals surface area contributed by atoms with Crippen molar-refractivity contribution in [3.05, 3.63) is 30.1 Å². The highest BCUT2D eigenvalue weighted by Crippen LogP contribution is 2.07. The molecule has 1 aromatic rings. The number of pyridine rings is 1. The average Bonchev–Trinajstić information content (AvgIpc) is 2.37. The van der Waals surface area contributed by atoms with Crippen molar-refractivity contribution in [2.24, 2.45) is 0 Å². The number of hydrogen-bond donors (Lipinski definition) is 2. The highest BCUT2D eigenvalue weighted by atomic mass is 16.4. The van der Waals surface area contributed by atoms with Gasteiger partial charge in [-0.15, -0.1) is 0 Å². The first-order valence-corrected chi connectivity index (χ1v) is 5.79. The predicted octanol–water partition coefficient (Wildman–Crippen LogP) is -0.491. The van der Waals surface area contributed by atoms with E-state index in [4.69, 9.17) is 5.11 Å². The number of carbonyl (C=O) groups is 2. The summed E-state index contributed by atoms with van der Waals surface area (Å²) in [5.74, 6) is -1.02. The number of piperazine rings is 1. The fraction of sp³-hybridized carbons (Fsp3) is 0.417. The Morgan fingerprint density at radius 2 is 2.22 bits per heavy atom. The summed E-state index contributed by atoms with van der Waals surface area (Å²) in [6, 6.07) is 3.14. The Kier molecular flexibility index (Phi) is 3.88. The van der Waals surface area contributed by atoms with Crippen LogP contribution < -0.4 is 5.32 Å². The monoisotopic (exact) mass is 249 g/mol. The fourth-order valence-corrected chi connectivity index (χ4v) is 1.99. The lowest BCUT2D eigenvalue weighted by atomic mass is 10.1. The zero-order chi connectivity index (χ0) is 13.0. The Morgan fingerprint density at radius 3 is 2.89 bits per heavy atom. The molecule has 6 nitrogen and oxygen atoms in total. The lowest BCUT2D eigenvalue weighted by Crippen LogP contribution is -2.57. The maximum Gasteiger partial charge on any atom is 0.322 e. The SMILES string of the molecule is O=C1CN(CCc2ccncc2)C(C(=O)O)CN1. The largest absolute Gasteiger partial charge is 0.480 e. The predicted molar refractivity (Wildman–Crippen MR) is 63.9 cm³/mol. The van der Waals surface area contributed by atoms with Gasteiger partial charge < -0.3 is 10.4 Å². The first-order valence-electron chi connectivity index (χ1n) is 5.79. The quantitative estimate of drug-likeness (QED) is 0.752. The molecule has 1 unspecified atom stereocenters. The molecular formula is C12H15N3O3. The number of carbonyl (C=O) groups excluding carboxylic acids is 1. The minimum atomic E-state index is -0.898. The molecule has 0 aliphatic carbocycles. The summed E-state index contributed by atoms with van der Waals surface area (Å²) >= 11 is 0. The van der Waals surface area contributed by atoms with Gasteiger partial charge in [0.25, 0.3) is 0 Å². The summed E-state index contributed by atoms with van der Waals surface area (Å²) in [6.07, 6.45) is 4.11. The summed E-state index contributed by atoms with van der Waals surface area (Å²) < 4.78 is 0. The molecule has 2 N–H and O–H groups in total. The summed E-state index contributed by atoms with van der Waals surface area (Å²) in [4.78, 5) is 28.0. The second-order valence-corrected chi connectivity index (χ2v) is 4.23. The minimum absolute atomic E-state index is 0.123. The zero-order valence-electron chi connectivity index (χ0n) is 9.87. The number of nitrogens with one attached hydrogen (secondary N) is 1. The van der Waals surface area contributed by atoms with Gasteiger partial charge in [0, 0.05) is 25.5 Å². The Morgan fingerprint density at radius 1 is 1.50 bits per heavy atom. The maximum absolute atomic E-state index is 11.3. The molecule has 1 saturated heterocycles. The number of amides is 1. The van der Waals surface area contributed by atoms with Crippen molar-refractivity contribution < 1.29 is 14.7 Å². The molecule has 96 valence electrons. The zero-order valence-corrected chi connectivity index (χ0v) is 9.87. The normalized spacial score (nSPS) is 20.4.